The van der Waals surface area contributed by atoms with Crippen molar-refractivity contribution in [3.05, 3.63) is 11.4 Å². The molecule has 1 aromatic heterocycles. The lowest BCUT2D eigenvalue weighted by atomic mass is 9.97. The van der Waals surface area contributed by atoms with E-state index in [0.717, 1.165) is 19.4 Å². The van der Waals surface area contributed by atoms with Crippen molar-refractivity contribution in [2.24, 2.45) is 0 Å². The second-order valence-corrected chi connectivity index (χ2v) is 7.35. The van der Waals surface area contributed by atoms with Crippen molar-refractivity contribution in [1.82, 2.24) is 20.2 Å². The van der Waals surface area contributed by atoms with Gasteiger partial charge in [-0.05, 0) is 33.2 Å². The number of aromatic amines is 1. The van der Waals surface area contributed by atoms with Crippen LogP contribution in [0.4, 0.5) is 0 Å². The Bertz CT molecular complexity index is 576. The van der Waals surface area contributed by atoms with E-state index in [1.807, 2.05) is 13.8 Å². The van der Waals surface area contributed by atoms with Gasteiger partial charge < -0.3 is 10.1 Å². The third-order valence-corrected chi connectivity index (χ3v) is 5.43. The van der Waals surface area contributed by atoms with E-state index in [0.29, 0.717) is 31.1 Å². The Kier molecular flexibility index (Phi) is 5.03. The van der Waals surface area contributed by atoms with E-state index in [4.69, 9.17) is 4.74 Å². The summed E-state index contributed by atoms with van der Waals surface area (Å²) in [6, 6.07) is 0. The van der Waals surface area contributed by atoms with Gasteiger partial charge in [0.05, 0.1) is 23.5 Å². The van der Waals surface area contributed by atoms with Crippen molar-refractivity contribution >= 4 is 10.0 Å². The van der Waals surface area contributed by atoms with E-state index in [9.17, 15) is 8.42 Å². The van der Waals surface area contributed by atoms with Gasteiger partial charge in [-0.15, -0.1) is 0 Å². The number of hydrogen-bond acceptors (Lipinski definition) is 5. The number of hydrogen-bond donors (Lipinski definition) is 3. The molecule has 1 aliphatic rings. The van der Waals surface area contributed by atoms with Crippen LogP contribution < -0.4 is 10.0 Å². The first-order valence-corrected chi connectivity index (χ1v) is 8.72. The van der Waals surface area contributed by atoms with Gasteiger partial charge in [0.25, 0.3) is 0 Å². The molecule has 7 nitrogen and oxygen atoms in total. The minimum Gasteiger partial charge on any atom is -0.380 e. The van der Waals surface area contributed by atoms with E-state index >= 15 is 0 Å². The van der Waals surface area contributed by atoms with Crippen LogP contribution in [0.25, 0.3) is 0 Å². The Labute approximate surface area is 125 Å². The van der Waals surface area contributed by atoms with E-state index in [2.05, 4.69) is 20.2 Å². The van der Waals surface area contributed by atoms with E-state index in [-0.39, 0.29) is 4.90 Å². The minimum atomic E-state index is -3.63. The fraction of sp³-hybridized carbons (Fsp3) is 0.769. The van der Waals surface area contributed by atoms with Gasteiger partial charge in [-0.2, -0.15) is 5.10 Å². The quantitative estimate of drug-likeness (QED) is 0.717. The maximum Gasteiger partial charge on any atom is 0.244 e. The highest BCUT2D eigenvalue weighted by molar-refractivity contribution is 7.89. The van der Waals surface area contributed by atoms with Crippen molar-refractivity contribution in [1.29, 1.82) is 0 Å². The second kappa shape index (κ2) is 6.43. The van der Waals surface area contributed by atoms with E-state index in [1.165, 1.54) is 0 Å². The van der Waals surface area contributed by atoms with Gasteiger partial charge in [-0.3, -0.25) is 5.10 Å². The third-order valence-electron chi connectivity index (χ3n) is 3.59. The van der Waals surface area contributed by atoms with Crippen molar-refractivity contribution < 1.29 is 13.2 Å². The Morgan fingerprint density at radius 3 is 2.86 bits per heavy atom. The normalized spacial score (nSPS) is 23.4. The molecule has 0 spiro atoms. The number of nitrogens with one attached hydrogen (secondary N) is 3. The summed E-state index contributed by atoms with van der Waals surface area (Å²) in [6.07, 6.45) is 1.62. The van der Waals surface area contributed by atoms with E-state index < -0.39 is 15.6 Å². The molecule has 21 heavy (non-hydrogen) atoms. The van der Waals surface area contributed by atoms with Crippen LogP contribution in [-0.4, -0.2) is 43.9 Å². The standard InChI is InChI=1S/C13H24N4O3S/c1-4-14-8-11-12(10(2)15-16-11)21(18,19)17-13(3)6-5-7-20-9-13/h14,17H,4-9H2,1-3H3,(H,15,16). The molecule has 120 valence electrons. The molecule has 0 amide bonds. The molecule has 1 unspecified atom stereocenters. The largest absolute Gasteiger partial charge is 0.380 e. The van der Waals surface area contributed by atoms with Crippen molar-refractivity contribution in [2.75, 3.05) is 19.8 Å². The van der Waals surface area contributed by atoms with Crippen molar-refractivity contribution in [3.63, 3.8) is 0 Å². The molecular formula is C13H24N4O3S. The number of sulfonamides is 1. The highest BCUT2D eigenvalue weighted by Crippen LogP contribution is 2.24. The summed E-state index contributed by atoms with van der Waals surface area (Å²) in [5, 5.41) is 9.96. The van der Waals surface area contributed by atoms with Crippen LogP contribution in [0.15, 0.2) is 4.90 Å². The van der Waals surface area contributed by atoms with Crippen LogP contribution in [0, 0.1) is 6.92 Å². The van der Waals surface area contributed by atoms with Crippen LogP contribution in [0.2, 0.25) is 0 Å². The Morgan fingerprint density at radius 1 is 1.48 bits per heavy atom. The Hall–Kier alpha value is -0.960. The molecule has 2 rings (SSSR count). The number of nitrogens with zero attached hydrogens (tertiary/aromatic N) is 1. The van der Waals surface area contributed by atoms with Gasteiger partial charge in [-0.1, -0.05) is 6.92 Å². The van der Waals surface area contributed by atoms with Crippen LogP contribution in [-0.2, 0) is 21.3 Å². The second-order valence-electron chi connectivity index (χ2n) is 5.73. The molecule has 1 saturated heterocycles. The van der Waals surface area contributed by atoms with Gasteiger partial charge in [0.15, 0.2) is 0 Å². The number of H-pyrrole nitrogens is 1. The highest BCUT2D eigenvalue weighted by Gasteiger charge is 2.35. The molecule has 0 aliphatic carbocycles. The number of aryl methyl sites for hydroxylation is 1. The summed E-state index contributed by atoms with van der Waals surface area (Å²) in [4.78, 5) is 0.246. The van der Waals surface area contributed by atoms with Crippen molar-refractivity contribution in [2.45, 2.75) is 50.6 Å². The highest BCUT2D eigenvalue weighted by atomic mass is 32.2. The summed E-state index contributed by atoms with van der Waals surface area (Å²) in [5.74, 6) is 0. The van der Waals surface area contributed by atoms with Crippen molar-refractivity contribution in [3.8, 4) is 0 Å². The molecule has 2 heterocycles. The average molecular weight is 316 g/mol. The molecule has 8 heteroatoms. The summed E-state index contributed by atoms with van der Waals surface area (Å²) in [7, 11) is -3.63. The molecule has 1 atom stereocenters. The SMILES string of the molecule is CCNCc1n[nH]c(C)c1S(=O)(=O)NC1(C)CCCOC1. The van der Waals surface area contributed by atoms with Gasteiger partial charge in [0.2, 0.25) is 10.0 Å². The third kappa shape index (κ3) is 3.82. The molecule has 0 bridgehead atoms. The fourth-order valence-electron chi connectivity index (χ4n) is 2.58. The molecule has 3 N–H and O–H groups in total. The fourth-order valence-corrected chi connectivity index (χ4v) is 4.37. The predicted octanol–water partition coefficient (Wildman–Crippen LogP) is 0.675. The molecule has 1 aliphatic heterocycles. The Morgan fingerprint density at radius 2 is 2.24 bits per heavy atom. The summed E-state index contributed by atoms with van der Waals surface area (Å²) < 4.78 is 33.6. The smallest absolute Gasteiger partial charge is 0.244 e. The molecule has 0 aromatic carbocycles. The lowest BCUT2D eigenvalue weighted by Crippen LogP contribution is -2.51. The summed E-state index contributed by atoms with van der Waals surface area (Å²) in [5.41, 5.74) is 0.508. The van der Waals surface area contributed by atoms with Gasteiger partial charge >= 0.3 is 0 Å². The number of aromatic nitrogens is 2. The lowest BCUT2D eigenvalue weighted by molar-refractivity contribution is 0.0386. The molecule has 0 saturated carbocycles. The zero-order valence-corrected chi connectivity index (χ0v) is 13.6. The van der Waals surface area contributed by atoms with Crippen LogP contribution in [0.3, 0.4) is 0 Å². The summed E-state index contributed by atoms with van der Waals surface area (Å²) >= 11 is 0. The zero-order chi connectivity index (χ0) is 15.5. The maximum absolute atomic E-state index is 12.7. The lowest BCUT2D eigenvalue weighted by Gasteiger charge is -2.33. The van der Waals surface area contributed by atoms with Crippen LogP contribution in [0.1, 0.15) is 38.1 Å². The zero-order valence-electron chi connectivity index (χ0n) is 12.8. The minimum absolute atomic E-state index is 0.246. The van der Waals surface area contributed by atoms with Gasteiger partial charge in [0.1, 0.15) is 4.90 Å². The molecule has 1 fully saturated rings. The molecular weight excluding hydrogens is 292 g/mol. The first kappa shape index (κ1) is 16.4. The van der Waals surface area contributed by atoms with Gasteiger partial charge in [0, 0.05) is 13.2 Å². The van der Waals surface area contributed by atoms with E-state index in [1.54, 1.807) is 6.92 Å². The predicted molar refractivity (Wildman–Crippen MR) is 79.5 cm³/mol. The number of rotatable bonds is 6. The summed E-state index contributed by atoms with van der Waals surface area (Å²) in [6.45, 7) is 7.82. The maximum atomic E-state index is 12.7. The molecule has 1 aromatic rings. The topological polar surface area (TPSA) is 96.1 Å². The average Bonchev–Trinajstić information content (AvgIpc) is 2.78. The monoisotopic (exact) mass is 316 g/mol. The first-order valence-electron chi connectivity index (χ1n) is 7.24. The number of ether oxygens (including phenoxy) is 1. The van der Waals surface area contributed by atoms with Crippen LogP contribution >= 0.6 is 0 Å². The first-order chi connectivity index (χ1) is 9.88. The van der Waals surface area contributed by atoms with Crippen LogP contribution in [0.5, 0.6) is 0 Å². The van der Waals surface area contributed by atoms with Gasteiger partial charge in [-0.25, -0.2) is 13.1 Å². The Balaban J connectivity index is 2.24. The molecule has 0 radical (unpaired) electrons.